The Morgan fingerprint density at radius 3 is 2.67 bits per heavy atom. The monoisotopic (exact) mass is 280 g/mol. The predicted molar refractivity (Wildman–Crippen MR) is 80.2 cm³/mol. The van der Waals surface area contributed by atoms with E-state index >= 15 is 0 Å². The fourth-order valence-electron chi connectivity index (χ4n) is 1.80. The Balaban J connectivity index is 2.02. The number of hydrogen-bond acceptors (Lipinski definition) is 4. The van der Waals surface area contributed by atoms with Gasteiger partial charge in [0.25, 0.3) is 5.91 Å². The van der Waals surface area contributed by atoms with Crippen LogP contribution in [0.15, 0.2) is 42.9 Å². The maximum Gasteiger partial charge on any atom is 0.274 e. The number of hydrogen-bond donors (Lipinski definition) is 1. The molecule has 106 valence electrons. The highest BCUT2D eigenvalue weighted by Crippen LogP contribution is 2.08. The van der Waals surface area contributed by atoms with Crippen LogP contribution >= 0.6 is 0 Å². The first kappa shape index (κ1) is 14.7. The minimum atomic E-state index is -0.157. The molecule has 0 aliphatic carbocycles. The summed E-state index contributed by atoms with van der Waals surface area (Å²) in [5.41, 5.74) is 7.60. The molecule has 21 heavy (non-hydrogen) atoms. The van der Waals surface area contributed by atoms with Crippen LogP contribution < -0.4 is 5.73 Å². The van der Waals surface area contributed by atoms with Gasteiger partial charge in [-0.1, -0.05) is 24.0 Å². The third-order valence-corrected chi connectivity index (χ3v) is 2.84. The van der Waals surface area contributed by atoms with E-state index in [1.54, 1.807) is 11.9 Å². The summed E-state index contributed by atoms with van der Waals surface area (Å²) in [5, 5.41) is 0. The average Bonchev–Trinajstić information content (AvgIpc) is 2.54. The maximum atomic E-state index is 12.1. The second-order valence-corrected chi connectivity index (χ2v) is 4.45. The molecule has 0 radical (unpaired) electrons. The van der Waals surface area contributed by atoms with Crippen molar-refractivity contribution in [3.05, 3.63) is 59.7 Å². The van der Waals surface area contributed by atoms with E-state index in [1.807, 2.05) is 24.3 Å². The summed E-state index contributed by atoms with van der Waals surface area (Å²) in [6, 6.07) is 7.72. The van der Waals surface area contributed by atoms with Crippen molar-refractivity contribution in [2.24, 2.45) is 5.73 Å². The molecule has 0 aliphatic rings. The first-order valence-electron chi connectivity index (χ1n) is 6.50. The van der Waals surface area contributed by atoms with Crippen LogP contribution in [0, 0.1) is 11.8 Å². The standard InChI is InChI=1S/C16H16N4O/c1-20(16(21)15-11-18-9-10-19-15)12-14-6-4-13(5-7-14)3-2-8-17/h4-7,9-11H,8,12,17H2,1H3. The van der Waals surface area contributed by atoms with E-state index in [2.05, 4.69) is 21.8 Å². The Bertz CT molecular complexity index is 656. The van der Waals surface area contributed by atoms with Gasteiger partial charge in [-0.05, 0) is 17.7 Å². The Labute approximate surface area is 123 Å². The highest BCUT2D eigenvalue weighted by molar-refractivity contribution is 5.91. The van der Waals surface area contributed by atoms with E-state index in [1.165, 1.54) is 18.6 Å². The minimum Gasteiger partial charge on any atom is -0.336 e. The van der Waals surface area contributed by atoms with Gasteiger partial charge in [-0.3, -0.25) is 9.78 Å². The summed E-state index contributed by atoms with van der Waals surface area (Å²) < 4.78 is 0. The van der Waals surface area contributed by atoms with Gasteiger partial charge in [0.2, 0.25) is 0 Å². The lowest BCUT2D eigenvalue weighted by molar-refractivity contribution is 0.0779. The maximum absolute atomic E-state index is 12.1. The third-order valence-electron chi connectivity index (χ3n) is 2.84. The van der Waals surface area contributed by atoms with Gasteiger partial charge < -0.3 is 10.6 Å². The Morgan fingerprint density at radius 1 is 1.29 bits per heavy atom. The van der Waals surface area contributed by atoms with Crippen molar-refractivity contribution in [1.82, 2.24) is 14.9 Å². The molecular weight excluding hydrogens is 264 g/mol. The number of rotatable bonds is 3. The van der Waals surface area contributed by atoms with E-state index < -0.39 is 0 Å². The molecule has 1 aromatic heterocycles. The highest BCUT2D eigenvalue weighted by Gasteiger charge is 2.13. The van der Waals surface area contributed by atoms with Crippen molar-refractivity contribution in [1.29, 1.82) is 0 Å². The average molecular weight is 280 g/mol. The van der Waals surface area contributed by atoms with Gasteiger partial charge in [0, 0.05) is 31.5 Å². The molecule has 1 heterocycles. The van der Waals surface area contributed by atoms with Crippen LogP contribution in [0.4, 0.5) is 0 Å². The van der Waals surface area contributed by atoms with Crippen LogP contribution in [0.25, 0.3) is 0 Å². The summed E-state index contributed by atoms with van der Waals surface area (Å²) in [7, 11) is 1.74. The van der Waals surface area contributed by atoms with Crippen molar-refractivity contribution in [3.63, 3.8) is 0 Å². The zero-order chi connectivity index (χ0) is 15.1. The van der Waals surface area contributed by atoms with E-state index in [0.717, 1.165) is 11.1 Å². The van der Waals surface area contributed by atoms with Crippen LogP contribution in [0.3, 0.4) is 0 Å². The van der Waals surface area contributed by atoms with Crippen molar-refractivity contribution >= 4 is 5.91 Å². The topological polar surface area (TPSA) is 72.1 Å². The van der Waals surface area contributed by atoms with Crippen LogP contribution in [0.2, 0.25) is 0 Å². The van der Waals surface area contributed by atoms with Gasteiger partial charge in [-0.15, -0.1) is 0 Å². The second-order valence-electron chi connectivity index (χ2n) is 4.45. The molecule has 2 N–H and O–H groups in total. The highest BCUT2D eigenvalue weighted by atomic mass is 16.2. The van der Waals surface area contributed by atoms with Crippen LogP contribution in [0.5, 0.6) is 0 Å². The number of nitrogens with zero attached hydrogens (tertiary/aromatic N) is 3. The van der Waals surface area contributed by atoms with Gasteiger partial charge in [0.1, 0.15) is 5.69 Å². The molecule has 0 atom stereocenters. The van der Waals surface area contributed by atoms with E-state index in [4.69, 9.17) is 5.73 Å². The van der Waals surface area contributed by atoms with Gasteiger partial charge >= 0.3 is 0 Å². The first-order valence-corrected chi connectivity index (χ1v) is 6.50. The van der Waals surface area contributed by atoms with E-state index in [9.17, 15) is 4.79 Å². The zero-order valence-corrected chi connectivity index (χ0v) is 11.8. The molecule has 1 amide bonds. The number of nitrogens with two attached hydrogens (primary N) is 1. The summed E-state index contributed by atoms with van der Waals surface area (Å²) in [5.74, 6) is 5.60. The predicted octanol–water partition coefficient (Wildman–Crippen LogP) is 1.06. The lowest BCUT2D eigenvalue weighted by atomic mass is 10.1. The number of benzene rings is 1. The van der Waals surface area contributed by atoms with Gasteiger partial charge in [0.15, 0.2) is 0 Å². The molecule has 5 nitrogen and oxygen atoms in total. The molecule has 2 rings (SSSR count). The van der Waals surface area contributed by atoms with Crippen molar-refractivity contribution in [2.75, 3.05) is 13.6 Å². The number of carbonyl (C=O) groups is 1. The minimum absolute atomic E-state index is 0.157. The number of amides is 1. The molecule has 0 bridgehead atoms. The van der Waals surface area contributed by atoms with Crippen molar-refractivity contribution in [3.8, 4) is 11.8 Å². The largest absolute Gasteiger partial charge is 0.336 e. The van der Waals surface area contributed by atoms with Gasteiger partial charge in [0.05, 0.1) is 12.7 Å². The van der Waals surface area contributed by atoms with Crippen molar-refractivity contribution in [2.45, 2.75) is 6.54 Å². The summed E-state index contributed by atoms with van der Waals surface area (Å²) in [6.45, 7) is 0.844. The quantitative estimate of drug-likeness (QED) is 0.853. The first-order chi connectivity index (χ1) is 10.2. The number of carbonyl (C=O) groups excluding carboxylic acids is 1. The third kappa shape index (κ3) is 4.13. The summed E-state index contributed by atoms with van der Waals surface area (Å²) in [4.78, 5) is 21.7. The smallest absolute Gasteiger partial charge is 0.274 e. The summed E-state index contributed by atoms with van der Waals surface area (Å²) in [6.07, 6.45) is 4.51. The summed E-state index contributed by atoms with van der Waals surface area (Å²) >= 11 is 0. The van der Waals surface area contributed by atoms with Crippen LogP contribution in [-0.2, 0) is 6.54 Å². The molecule has 1 aromatic carbocycles. The molecule has 0 spiro atoms. The molecular formula is C16H16N4O. The normalized spacial score (nSPS) is 9.62. The SMILES string of the molecule is CN(Cc1ccc(C#CCN)cc1)C(=O)c1cnccn1. The Morgan fingerprint density at radius 2 is 2.05 bits per heavy atom. The molecule has 0 aliphatic heterocycles. The Hall–Kier alpha value is -2.71. The van der Waals surface area contributed by atoms with Crippen LogP contribution in [-0.4, -0.2) is 34.4 Å². The van der Waals surface area contributed by atoms with Gasteiger partial charge in [-0.25, -0.2) is 4.98 Å². The fourth-order valence-corrected chi connectivity index (χ4v) is 1.80. The fraction of sp³-hybridized carbons (Fsp3) is 0.188. The Kier molecular flexibility index (Phi) is 5.02. The van der Waals surface area contributed by atoms with Crippen molar-refractivity contribution < 1.29 is 4.79 Å². The zero-order valence-electron chi connectivity index (χ0n) is 11.8. The molecule has 0 saturated carbocycles. The molecule has 0 saturated heterocycles. The molecule has 5 heteroatoms. The van der Waals surface area contributed by atoms with E-state index in [0.29, 0.717) is 18.8 Å². The number of aromatic nitrogens is 2. The van der Waals surface area contributed by atoms with Crippen LogP contribution in [0.1, 0.15) is 21.6 Å². The molecule has 0 fully saturated rings. The second kappa shape index (κ2) is 7.17. The van der Waals surface area contributed by atoms with Gasteiger partial charge in [-0.2, -0.15) is 0 Å². The lowest BCUT2D eigenvalue weighted by Crippen LogP contribution is -2.27. The molecule has 0 unspecified atom stereocenters. The molecule has 2 aromatic rings. The van der Waals surface area contributed by atoms with E-state index in [-0.39, 0.29) is 5.91 Å². The lowest BCUT2D eigenvalue weighted by Gasteiger charge is -2.16.